The summed E-state index contributed by atoms with van der Waals surface area (Å²) in [7, 11) is 1.23. The van der Waals surface area contributed by atoms with E-state index in [-0.39, 0.29) is 23.8 Å². The lowest BCUT2D eigenvalue weighted by molar-refractivity contribution is -0.123. The molecule has 2 heterocycles. The lowest BCUT2D eigenvalue weighted by Crippen LogP contribution is -2.30. The molecule has 1 aromatic heterocycles. The topological polar surface area (TPSA) is 107 Å². The third-order valence-electron chi connectivity index (χ3n) is 5.43. The van der Waals surface area contributed by atoms with E-state index in [4.69, 9.17) is 13.9 Å². The molecule has 0 radical (unpaired) electrons. The molecule has 0 spiro atoms. The molecule has 0 saturated carbocycles. The normalized spacial score (nSPS) is 14.2. The number of carbonyl (C=O) groups is 3. The number of nitrogens with one attached hydrogen (secondary N) is 1. The number of hydrogen-bond acceptors (Lipinski definition) is 7. The van der Waals surface area contributed by atoms with Crippen molar-refractivity contribution in [3.63, 3.8) is 0 Å². The molecule has 9 nitrogen and oxygen atoms in total. The molecular formula is C27H25BrN2O7. The monoisotopic (exact) mass is 568 g/mol. The third kappa shape index (κ3) is 6.03. The highest BCUT2D eigenvalue weighted by Crippen LogP contribution is 2.38. The van der Waals surface area contributed by atoms with Gasteiger partial charge in [-0.2, -0.15) is 0 Å². The molecule has 37 heavy (non-hydrogen) atoms. The zero-order chi connectivity index (χ0) is 26.5. The van der Waals surface area contributed by atoms with Gasteiger partial charge in [-0.15, -0.1) is 0 Å². The van der Waals surface area contributed by atoms with Crippen LogP contribution in [-0.4, -0.2) is 36.5 Å². The number of nitrogens with zero attached hydrogens (tertiary/aromatic N) is 1. The number of rotatable bonds is 9. The molecule has 0 aliphatic carbocycles. The lowest BCUT2D eigenvalue weighted by Gasteiger charge is -2.15. The summed E-state index contributed by atoms with van der Waals surface area (Å²) >= 11 is 3.54. The van der Waals surface area contributed by atoms with Gasteiger partial charge < -0.3 is 23.9 Å². The molecular weight excluding hydrogens is 544 g/mol. The molecule has 0 bridgehead atoms. The first kappa shape index (κ1) is 26.0. The predicted octanol–water partition coefficient (Wildman–Crippen LogP) is 5.21. The molecule has 0 atom stereocenters. The number of hydrogen-bond donors (Lipinski definition) is 1. The first-order valence-electron chi connectivity index (χ1n) is 11.4. The summed E-state index contributed by atoms with van der Waals surface area (Å²) in [6.07, 6.45) is 1.56. The summed E-state index contributed by atoms with van der Waals surface area (Å²) in [4.78, 5) is 38.0. The van der Waals surface area contributed by atoms with Crippen LogP contribution in [0.4, 0.5) is 4.79 Å². The van der Waals surface area contributed by atoms with Gasteiger partial charge in [0.1, 0.15) is 18.1 Å². The number of imide groups is 1. The maximum absolute atomic E-state index is 12.9. The van der Waals surface area contributed by atoms with Gasteiger partial charge in [0.25, 0.3) is 5.91 Å². The molecule has 3 aromatic rings. The maximum Gasteiger partial charge on any atom is 0.373 e. The first-order chi connectivity index (χ1) is 17.8. The van der Waals surface area contributed by atoms with E-state index >= 15 is 0 Å². The van der Waals surface area contributed by atoms with E-state index in [1.165, 1.54) is 19.2 Å². The van der Waals surface area contributed by atoms with Crippen molar-refractivity contribution in [1.29, 1.82) is 0 Å². The number of benzene rings is 2. The number of amides is 3. The van der Waals surface area contributed by atoms with E-state index in [1.54, 1.807) is 18.2 Å². The van der Waals surface area contributed by atoms with Crippen molar-refractivity contribution in [2.75, 3.05) is 13.7 Å². The van der Waals surface area contributed by atoms with Crippen molar-refractivity contribution in [2.24, 2.45) is 0 Å². The van der Waals surface area contributed by atoms with Gasteiger partial charge in [-0.05, 0) is 71.2 Å². The SMILES string of the molecule is CCOc1cc(/C=C2\NC(=O)N(Cc3ccc(C(=O)OC)o3)C2=O)cc(Br)c1OCc1cccc(C)c1. The Bertz CT molecular complexity index is 1380. The largest absolute Gasteiger partial charge is 0.490 e. The van der Waals surface area contributed by atoms with E-state index in [0.29, 0.717) is 34.7 Å². The van der Waals surface area contributed by atoms with E-state index in [9.17, 15) is 14.4 Å². The Labute approximate surface area is 222 Å². The third-order valence-corrected chi connectivity index (χ3v) is 6.02. The summed E-state index contributed by atoms with van der Waals surface area (Å²) in [6, 6.07) is 13.9. The van der Waals surface area contributed by atoms with Crippen LogP contribution in [0.1, 0.15) is 39.9 Å². The van der Waals surface area contributed by atoms with E-state index < -0.39 is 17.9 Å². The zero-order valence-electron chi connectivity index (χ0n) is 20.5. The quantitative estimate of drug-likeness (QED) is 0.214. The Morgan fingerprint density at radius 3 is 2.68 bits per heavy atom. The molecule has 1 fully saturated rings. The van der Waals surface area contributed by atoms with Crippen LogP contribution in [0.25, 0.3) is 6.08 Å². The summed E-state index contributed by atoms with van der Waals surface area (Å²) in [5.74, 6) is 0.102. The molecule has 0 unspecified atom stereocenters. The summed E-state index contributed by atoms with van der Waals surface area (Å²) < 4.78 is 22.5. The Morgan fingerprint density at radius 2 is 1.95 bits per heavy atom. The second-order valence-electron chi connectivity index (χ2n) is 8.18. The van der Waals surface area contributed by atoms with E-state index in [0.717, 1.165) is 16.0 Å². The highest BCUT2D eigenvalue weighted by atomic mass is 79.9. The van der Waals surface area contributed by atoms with Gasteiger partial charge in [0.05, 0.1) is 24.7 Å². The van der Waals surface area contributed by atoms with Gasteiger partial charge in [-0.25, -0.2) is 9.59 Å². The summed E-state index contributed by atoms with van der Waals surface area (Å²) in [6.45, 7) is 4.51. The zero-order valence-corrected chi connectivity index (χ0v) is 22.1. The lowest BCUT2D eigenvalue weighted by atomic mass is 10.1. The smallest absolute Gasteiger partial charge is 0.373 e. The molecule has 2 aromatic carbocycles. The molecule has 1 aliphatic heterocycles. The van der Waals surface area contributed by atoms with Crippen molar-refractivity contribution in [3.05, 3.63) is 86.9 Å². The molecule has 4 rings (SSSR count). The van der Waals surface area contributed by atoms with Crippen molar-refractivity contribution < 1.29 is 33.0 Å². The van der Waals surface area contributed by atoms with Crippen molar-refractivity contribution in [2.45, 2.75) is 27.0 Å². The molecule has 192 valence electrons. The van der Waals surface area contributed by atoms with Crippen molar-refractivity contribution >= 4 is 39.9 Å². The number of aryl methyl sites for hydroxylation is 1. The minimum absolute atomic E-state index is 0.0154. The molecule has 3 amide bonds. The van der Waals surface area contributed by atoms with Gasteiger partial charge in [0.15, 0.2) is 11.5 Å². The molecule has 1 N–H and O–H groups in total. The molecule has 1 aliphatic rings. The van der Waals surface area contributed by atoms with Crippen molar-refractivity contribution in [1.82, 2.24) is 10.2 Å². The van der Waals surface area contributed by atoms with E-state index in [1.807, 2.05) is 38.1 Å². The van der Waals surface area contributed by atoms with Crippen LogP contribution in [0, 0.1) is 6.92 Å². The highest BCUT2D eigenvalue weighted by molar-refractivity contribution is 9.10. The summed E-state index contributed by atoms with van der Waals surface area (Å²) in [5.41, 5.74) is 2.87. The summed E-state index contributed by atoms with van der Waals surface area (Å²) in [5, 5.41) is 2.58. The van der Waals surface area contributed by atoms with Crippen LogP contribution in [0.2, 0.25) is 0 Å². The number of ether oxygens (including phenoxy) is 3. The Morgan fingerprint density at radius 1 is 1.14 bits per heavy atom. The average molecular weight is 569 g/mol. The van der Waals surface area contributed by atoms with Crippen LogP contribution in [0.3, 0.4) is 0 Å². The highest BCUT2D eigenvalue weighted by Gasteiger charge is 2.34. The minimum Gasteiger partial charge on any atom is -0.490 e. The Balaban J connectivity index is 1.53. The van der Waals surface area contributed by atoms with Crippen LogP contribution in [-0.2, 0) is 22.7 Å². The van der Waals surface area contributed by atoms with Gasteiger partial charge >= 0.3 is 12.0 Å². The number of halogens is 1. The number of methoxy groups -OCH3 is 1. The van der Waals surface area contributed by atoms with Crippen molar-refractivity contribution in [3.8, 4) is 11.5 Å². The number of carbonyl (C=O) groups excluding carboxylic acids is 3. The Kier molecular flexibility index (Phi) is 7.98. The van der Waals surface area contributed by atoms with E-state index in [2.05, 4.69) is 26.0 Å². The van der Waals surface area contributed by atoms with Crippen LogP contribution < -0.4 is 14.8 Å². The van der Waals surface area contributed by atoms with Gasteiger partial charge in [-0.3, -0.25) is 9.69 Å². The number of urea groups is 1. The maximum atomic E-state index is 12.9. The average Bonchev–Trinajstić information content (AvgIpc) is 3.44. The second-order valence-corrected chi connectivity index (χ2v) is 9.03. The Hall–Kier alpha value is -4.05. The van der Waals surface area contributed by atoms with Gasteiger partial charge in [0.2, 0.25) is 5.76 Å². The van der Waals surface area contributed by atoms with Crippen LogP contribution in [0.15, 0.2) is 63.1 Å². The van der Waals surface area contributed by atoms with Gasteiger partial charge in [0, 0.05) is 0 Å². The van der Waals surface area contributed by atoms with Crippen LogP contribution >= 0.6 is 15.9 Å². The predicted molar refractivity (Wildman–Crippen MR) is 138 cm³/mol. The number of esters is 1. The molecule has 1 saturated heterocycles. The van der Waals surface area contributed by atoms with Gasteiger partial charge in [-0.1, -0.05) is 29.8 Å². The molecule has 10 heteroatoms. The number of furan rings is 1. The standard InChI is InChI=1S/C27H25BrN2O7/c1-4-35-23-13-18(11-20(28)24(23)36-15-17-7-5-6-16(2)10-17)12-21-25(31)30(27(33)29-21)14-19-8-9-22(37-19)26(32)34-3/h5-13H,4,14-15H2,1-3H3,(H,29,33)/b21-12-. The second kappa shape index (κ2) is 11.3. The fraction of sp³-hybridized carbons (Fsp3) is 0.222. The fourth-order valence-corrected chi connectivity index (χ4v) is 4.32. The minimum atomic E-state index is -0.647. The fourth-order valence-electron chi connectivity index (χ4n) is 3.74. The van der Waals surface area contributed by atoms with Crippen LogP contribution in [0.5, 0.6) is 11.5 Å². The first-order valence-corrected chi connectivity index (χ1v) is 12.2.